The van der Waals surface area contributed by atoms with Crippen LogP contribution in [-0.4, -0.2) is 24.5 Å². The maximum absolute atomic E-state index is 12.9. The Morgan fingerprint density at radius 2 is 2.26 bits per heavy atom. The molecule has 1 aliphatic heterocycles. The van der Waals surface area contributed by atoms with E-state index in [-0.39, 0.29) is 12.1 Å². The number of rotatable bonds is 3. The van der Waals surface area contributed by atoms with Crippen molar-refractivity contribution in [3.05, 3.63) is 29.6 Å². The summed E-state index contributed by atoms with van der Waals surface area (Å²) >= 11 is 0. The number of carbonyl (C=O) groups excluding carboxylic acids is 1. The van der Waals surface area contributed by atoms with Crippen LogP contribution in [0.15, 0.2) is 18.2 Å². The highest BCUT2D eigenvalue weighted by Gasteiger charge is 2.50. The molecule has 1 heterocycles. The molecule has 7 heteroatoms. The molecular weight excluding hydrogens is 261 g/mol. The second kappa shape index (κ2) is 4.80. The third kappa shape index (κ3) is 2.78. The number of hydrogen-bond acceptors (Lipinski definition) is 4. The third-order valence-electron chi connectivity index (χ3n) is 2.68. The lowest BCUT2D eigenvalue weighted by molar-refractivity contribution is -0.158. The molecule has 0 radical (unpaired) electrons. The van der Waals surface area contributed by atoms with Gasteiger partial charge < -0.3 is 10.1 Å². The van der Waals surface area contributed by atoms with Crippen LogP contribution in [0.3, 0.4) is 0 Å². The topological polar surface area (TPSA) is 62.1 Å². The number of nitrogens with zero attached hydrogens (tertiary/aromatic N) is 1. The molecule has 2 rings (SSSR count). The van der Waals surface area contributed by atoms with E-state index in [1.54, 1.807) is 6.07 Å². The Kier molecular flexibility index (Phi) is 3.34. The molecule has 19 heavy (non-hydrogen) atoms. The Hall–Kier alpha value is -2.23. The third-order valence-corrected chi connectivity index (χ3v) is 2.68. The number of benzene rings is 1. The van der Waals surface area contributed by atoms with Gasteiger partial charge in [0.2, 0.25) is 0 Å². The van der Waals surface area contributed by atoms with Crippen LogP contribution in [0.4, 0.5) is 18.9 Å². The number of hydrogen-bond donors (Lipinski definition) is 1. The summed E-state index contributed by atoms with van der Waals surface area (Å²) < 4.78 is 43.2. The smallest absolute Gasteiger partial charge is 0.377 e. The molecule has 100 valence electrons. The minimum absolute atomic E-state index is 0.0519. The van der Waals surface area contributed by atoms with E-state index >= 15 is 0 Å². The highest BCUT2D eigenvalue weighted by molar-refractivity contribution is 5.79. The molecule has 0 spiro atoms. The van der Waals surface area contributed by atoms with E-state index in [9.17, 15) is 18.0 Å². The van der Waals surface area contributed by atoms with Crippen molar-refractivity contribution in [3.63, 3.8) is 0 Å². The molecule has 1 N–H and O–H groups in total. The van der Waals surface area contributed by atoms with Crippen LogP contribution < -0.4 is 5.32 Å². The van der Waals surface area contributed by atoms with E-state index in [4.69, 9.17) is 5.26 Å². The van der Waals surface area contributed by atoms with Crippen molar-refractivity contribution in [2.24, 2.45) is 0 Å². The lowest BCUT2D eigenvalue weighted by atomic mass is 10.1. The number of nitrogens with one attached hydrogen (secondary N) is 1. The van der Waals surface area contributed by atoms with Crippen LogP contribution in [0.1, 0.15) is 12.0 Å². The number of cyclic esters (lactones) is 1. The Balaban J connectivity index is 2.01. The fourth-order valence-corrected chi connectivity index (χ4v) is 1.75. The molecule has 0 aliphatic carbocycles. The molecule has 1 fully saturated rings. The Morgan fingerprint density at radius 1 is 1.53 bits per heavy atom. The van der Waals surface area contributed by atoms with Crippen molar-refractivity contribution in [3.8, 4) is 6.07 Å². The molecule has 1 aromatic rings. The Morgan fingerprint density at radius 3 is 2.84 bits per heavy atom. The zero-order valence-corrected chi connectivity index (χ0v) is 9.62. The van der Waals surface area contributed by atoms with Gasteiger partial charge in [-0.3, -0.25) is 0 Å². The van der Waals surface area contributed by atoms with E-state index in [0.717, 1.165) is 12.1 Å². The lowest BCUT2D eigenvalue weighted by Crippen LogP contribution is -2.22. The van der Waals surface area contributed by atoms with Gasteiger partial charge in [-0.15, -0.1) is 0 Å². The lowest BCUT2D eigenvalue weighted by Gasteiger charge is -2.12. The molecule has 1 saturated heterocycles. The zero-order chi connectivity index (χ0) is 14.0. The van der Waals surface area contributed by atoms with Gasteiger partial charge in [0, 0.05) is 0 Å². The van der Waals surface area contributed by atoms with Crippen molar-refractivity contribution in [1.82, 2.24) is 0 Å². The molecule has 1 unspecified atom stereocenters. The number of halogens is 3. The highest BCUT2D eigenvalue weighted by atomic mass is 19.3. The molecule has 1 aliphatic rings. The first-order chi connectivity index (χ1) is 8.92. The van der Waals surface area contributed by atoms with E-state index in [2.05, 4.69) is 10.1 Å². The molecule has 1 aromatic carbocycles. The van der Waals surface area contributed by atoms with Gasteiger partial charge in [0.15, 0.2) is 0 Å². The van der Waals surface area contributed by atoms with Crippen LogP contribution in [0, 0.1) is 17.1 Å². The summed E-state index contributed by atoms with van der Waals surface area (Å²) in [5, 5.41) is 11.5. The van der Waals surface area contributed by atoms with Gasteiger partial charge in [-0.25, -0.2) is 9.18 Å². The second-order valence-electron chi connectivity index (χ2n) is 4.12. The largest absolute Gasteiger partial charge is 0.456 e. The summed E-state index contributed by atoms with van der Waals surface area (Å²) in [4.78, 5) is 10.8. The highest BCUT2D eigenvalue weighted by Crippen LogP contribution is 2.31. The molecule has 4 nitrogen and oxygen atoms in total. The van der Waals surface area contributed by atoms with Crippen molar-refractivity contribution in [1.29, 1.82) is 5.26 Å². The number of anilines is 1. The molecule has 0 saturated carbocycles. The summed E-state index contributed by atoms with van der Waals surface area (Å²) in [6.07, 6.45) is -1.68. The van der Waals surface area contributed by atoms with E-state index in [1.165, 1.54) is 6.07 Å². The molecular formula is C12H9F3N2O2. The summed E-state index contributed by atoms with van der Waals surface area (Å²) in [6, 6.07) is 5.26. The first-order valence-electron chi connectivity index (χ1n) is 5.45. The fraction of sp³-hybridized carbons (Fsp3) is 0.333. The monoisotopic (exact) mass is 270 g/mol. The predicted octanol–water partition coefficient (Wildman–Crippen LogP) is 2.06. The Labute approximate surface area is 106 Å². The average molecular weight is 270 g/mol. The van der Waals surface area contributed by atoms with Crippen molar-refractivity contribution >= 4 is 11.7 Å². The number of nitriles is 1. The fourth-order valence-electron chi connectivity index (χ4n) is 1.75. The Bertz CT molecular complexity index is 554. The minimum atomic E-state index is -3.47. The molecule has 1 atom stereocenters. The maximum Gasteiger partial charge on any atom is 0.377 e. The second-order valence-corrected chi connectivity index (χ2v) is 4.12. The van der Waals surface area contributed by atoms with Gasteiger partial charge in [-0.05, 0) is 18.2 Å². The van der Waals surface area contributed by atoms with Crippen molar-refractivity contribution in [2.75, 3.05) is 11.9 Å². The molecule has 0 bridgehead atoms. The summed E-state index contributed by atoms with van der Waals surface area (Å²) in [6.45, 7) is -0.0678. The zero-order valence-electron chi connectivity index (χ0n) is 9.62. The maximum atomic E-state index is 12.9. The summed E-state index contributed by atoms with van der Waals surface area (Å²) in [7, 11) is 0. The standard InChI is InChI=1S/C12H9F3N2O2/c13-8-1-2-10(7(3-8)5-16)17-6-9-4-12(14,15)11(18)19-9/h1-3,9,17H,4,6H2. The van der Waals surface area contributed by atoms with Gasteiger partial charge in [-0.2, -0.15) is 14.0 Å². The normalized spacial score (nSPS) is 20.7. The quantitative estimate of drug-likeness (QED) is 0.854. The van der Waals surface area contributed by atoms with Gasteiger partial charge in [0.05, 0.1) is 24.2 Å². The number of ether oxygens (including phenoxy) is 1. The first kappa shape index (κ1) is 13.2. The SMILES string of the molecule is N#Cc1cc(F)ccc1NCC1CC(F)(F)C(=O)O1. The first-order valence-corrected chi connectivity index (χ1v) is 5.45. The average Bonchev–Trinajstić information content (AvgIpc) is 2.61. The van der Waals surface area contributed by atoms with Crippen LogP contribution in [0.25, 0.3) is 0 Å². The van der Waals surface area contributed by atoms with Crippen LogP contribution >= 0.6 is 0 Å². The molecule has 0 amide bonds. The van der Waals surface area contributed by atoms with E-state index < -0.39 is 30.2 Å². The molecule has 0 aromatic heterocycles. The number of esters is 1. The summed E-state index contributed by atoms with van der Waals surface area (Å²) in [5.74, 6) is -5.58. The van der Waals surface area contributed by atoms with Crippen LogP contribution in [-0.2, 0) is 9.53 Å². The van der Waals surface area contributed by atoms with E-state index in [1.807, 2.05) is 0 Å². The van der Waals surface area contributed by atoms with Crippen molar-refractivity contribution in [2.45, 2.75) is 18.4 Å². The number of alkyl halides is 2. The van der Waals surface area contributed by atoms with Gasteiger partial charge >= 0.3 is 11.9 Å². The minimum Gasteiger partial charge on any atom is -0.456 e. The van der Waals surface area contributed by atoms with Gasteiger partial charge in [0.1, 0.15) is 18.0 Å². The summed E-state index contributed by atoms with van der Waals surface area (Å²) in [5.41, 5.74) is 0.353. The van der Waals surface area contributed by atoms with E-state index in [0.29, 0.717) is 5.69 Å². The van der Waals surface area contributed by atoms with Crippen LogP contribution in [0.5, 0.6) is 0 Å². The van der Waals surface area contributed by atoms with Crippen molar-refractivity contribution < 1.29 is 22.7 Å². The van der Waals surface area contributed by atoms with Crippen LogP contribution in [0.2, 0.25) is 0 Å². The van der Waals surface area contributed by atoms with Gasteiger partial charge in [-0.1, -0.05) is 0 Å². The predicted molar refractivity (Wildman–Crippen MR) is 59.0 cm³/mol. The van der Waals surface area contributed by atoms with Gasteiger partial charge in [0.25, 0.3) is 0 Å². The number of carbonyl (C=O) groups is 1.